The molecule has 3 nitrogen and oxygen atoms in total. The highest BCUT2D eigenvalue weighted by atomic mass is 35.5. The van der Waals surface area contributed by atoms with Gasteiger partial charge in [-0.05, 0) is 24.1 Å². The molecule has 0 aliphatic carbocycles. The molecule has 0 aliphatic rings. The predicted molar refractivity (Wildman–Crippen MR) is 60.9 cm³/mol. The summed E-state index contributed by atoms with van der Waals surface area (Å²) in [5, 5.41) is 9.66. The van der Waals surface area contributed by atoms with Gasteiger partial charge in [-0.2, -0.15) is 0 Å². The zero-order valence-electron chi connectivity index (χ0n) is 8.69. The number of aliphatic hydroxyl groups excluding tert-OH is 1. The van der Waals surface area contributed by atoms with Crippen LogP contribution in [-0.2, 0) is 4.74 Å². The van der Waals surface area contributed by atoms with Gasteiger partial charge in [-0.25, -0.2) is 0 Å². The molecule has 0 spiro atoms. The maximum atomic E-state index is 8.96. The number of rotatable bonds is 5. The van der Waals surface area contributed by atoms with Crippen molar-refractivity contribution >= 4 is 11.6 Å². The molecular formula is C11H16ClNO2. The van der Waals surface area contributed by atoms with E-state index in [1.54, 1.807) is 19.2 Å². The lowest BCUT2D eigenvalue weighted by Crippen LogP contribution is -2.23. The number of hydrogen-bond donors (Lipinski definition) is 2. The fraction of sp³-hybridized carbons (Fsp3) is 0.455. The highest BCUT2D eigenvalue weighted by molar-refractivity contribution is 6.30. The SMILES string of the molecule is COC(CO)CC(N)c1ccc(Cl)cc1. The van der Waals surface area contributed by atoms with Crippen molar-refractivity contribution in [2.75, 3.05) is 13.7 Å². The molecule has 84 valence electrons. The Morgan fingerprint density at radius 1 is 1.40 bits per heavy atom. The van der Waals surface area contributed by atoms with E-state index >= 15 is 0 Å². The van der Waals surface area contributed by atoms with E-state index in [1.807, 2.05) is 12.1 Å². The molecule has 2 unspecified atom stereocenters. The van der Waals surface area contributed by atoms with Crippen molar-refractivity contribution in [1.82, 2.24) is 0 Å². The summed E-state index contributed by atoms with van der Waals surface area (Å²) in [4.78, 5) is 0. The minimum atomic E-state index is -0.212. The second-order valence-electron chi connectivity index (χ2n) is 3.43. The van der Waals surface area contributed by atoms with Crippen LogP contribution in [0.25, 0.3) is 0 Å². The van der Waals surface area contributed by atoms with Gasteiger partial charge in [0.05, 0.1) is 12.7 Å². The third-order valence-electron chi connectivity index (χ3n) is 2.35. The van der Waals surface area contributed by atoms with Crippen LogP contribution in [0.1, 0.15) is 18.0 Å². The molecule has 1 aromatic rings. The van der Waals surface area contributed by atoms with Crippen LogP contribution in [-0.4, -0.2) is 24.9 Å². The van der Waals surface area contributed by atoms with Crippen molar-refractivity contribution in [3.05, 3.63) is 34.9 Å². The summed E-state index contributed by atoms with van der Waals surface area (Å²) in [6, 6.07) is 7.24. The largest absolute Gasteiger partial charge is 0.394 e. The molecule has 0 aromatic heterocycles. The maximum Gasteiger partial charge on any atom is 0.0820 e. The third-order valence-corrected chi connectivity index (χ3v) is 2.60. The number of benzene rings is 1. The molecule has 15 heavy (non-hydrogen) atoms. The van der Waals surface area contributed by atoms with E-state index in [9.17, 15) is 0 Å². The number of halogens is 1. The van der Waals surface area contributed by atoms with Gasteiger partial charge >= 0.3 is 0 Å². The number of aliphatic hydroxyl groups is 1. The first-order valence-corrected chi connectivity index (χ1v) is 5.20. The van der Waals surface area contributed by atoms with Gasteiger partial charge in [0, 0.05) is 18.2 Å². The van der Waals surface area contributed by atoms with Crippen LogP contribution in [0.2, 0.25) is 5.02 Å². The highest BCUT2D eigenvalue weighted by Crippen LogP contribution is 2.19. The van der Waals surface area contributed by atoms with Crippen LogP contribution in [0.5, 0.6) is 0 Å². The molecule has 3 N–H and O–H groups in total. The minimum Gasteiger partial charge on any atom is -0.394 e. The van der Waals surface area contributed by atoms with Crippen molar-refractivity contribution in [2.24, 2.45) is 5.73 Å². The predicted octanol–water partition coefficient (Wildman–Crippen LogP) is 1.74. The van der Waals surface area contributed by atoms with Crippen molar-refractivity contribution in [3.63, 3.8) is 0 Å². The van der Waals surface area contributed by atoms with E-state index in [4.69, 9.17) is 27.2 Å². The van der Waals surface area contributed by atoms with Gasteiger partial charge in [-0.15, -0.1) is 0 Å². The molecule has 0 fully saturated rings. The Balaban J connectivity index is 2.60. The summed E-state index contributed by atoms with van der Waals surface area (Å²) < 4.78 is 5.06. The third kappa shape index (κ3) is 3.80. The Morgan fingerprint density at radius 3 is 2.47 bits per heavy atom. The van der Waals surface area contributed by atoms with Gasteiger partial charge in [0.2, 0.25) is 0 Å². The first-order chi connectivity index (χ1) is 7.17. The van der Waals surface area contributed by atoms with Crippen LogP contribution in [0, 0.1) is 0 Å². The fourth-order valence-electron chi connectivity index (χ4n) is 1.37. The summed E-state index contributed by atoms with van der Waals surface area (Å²) in [5.74, 6) is 0. The average molecular weight is 230 g/mol. The van der Waals surface area contributed by atoms with Crippen LogP contribution in [0.3, 0.4) is 0 Å². The highest BCUT2D eigenvalue weighted by Gasteiger charge is 2.13. The summed E-state index contributed by atoms with van der Waals surface area (Å²) in [5.41, 5.74) is 6.96. The van der Waals surface area contributed by atoms with E-state index in [1.165, 1.54) is 0 Å². The maximum absolute atomic E-state index is 8.96. The Labute approximate surface area is 94.8 Å². The number of ether oxygens (including phenoxy) is 1. The zero-order valence-corrected chi connectivity index (χ0v) is 9.45. The molecule has 1 aromatic carbocycles. The number of hydrogen-bond acceptors (Lipinski definition) is 3. The zero-order chi connectivity index (χ0) is 11.3. The molecule has 0 radical (unpaired) electrons. The monoisotopic (exact) mass is 229 g/mol. The van der Waals surface area contributed by atoms with Crippen LogP contribution in [0.4, 0.5) is 0 Å². The van der Waals surface area contributed by atoms with Crippen LogP contribution in [0.15, 0.2) is 24.3 Å². The van der Waals surface area contributed by atoms with Crippen molar-refractivity contribution in [2.45, 2.75) is 18.6 Å². The van der Waals surface area contributed by atoms with Crippen molar-refractivity contribution in [1.29, 1.82) is 0 Å². The number of nitrogens with two attached hydrogens (primary N) is 1. The first-order valence-electron chi connectivity index (χ1n) is 4.82. The normalized spacial score (nSPS) is 14.9. The van der Waals surface area contributed by atoms with Gasteiger partial charge in [-0.3, -0.25) is 0 Å². The minimum absolute atomic E-state index is 0.0161. The standard InChI is InChI=1S/C11H16ClNO2/c1-15-10(7-14)6-11(13)8-2-4-9(12)5-3-8/h2-5,10-11,14H,6-7,13H2,1H3. The second kappa shape index (κ2) is 6.08. The molecule has 0 aliphatic heterocycles. The van der Waals surface area contributed by atoms with E-state index in [0.29, 0.717) is 11.4 Å². The van der Waals surface area contributed by atoms with Gasteiger partial charge in [0.15, 0.2) is 0 Å². The second-order valence-corrected chi connectivity index (χ2v) is 3.87. The Kier molecular flexibility index (Phi) is 5.05. The Bertz CT molecular complexity index is 285. The molecule has 0 amide bonds. The molecule has 4 heteroatoms. The molecular weight excluding hydrogens is 214 g/mol. The van der Waals surface area contributed by atoms with Crippen LogP contribution < -0.4 is 5.73 Å². The van der Waals surface area contributed by atoms with Crippen LogP contribution >= 0.6 is 11.6 Å². The lowest BCUT2D eigenvalue weighted by molar-refractivity contribution is 0.0386. The molecule has 0 saturated heterocycles. The fourth-order valence-corrected chi connectivity index (χ4v) is 1.50. The summed E-state index contributed by atoms with van der Waals surface area (Å²) in [7, 11) is 1.56. The Morgan fingerprint density at radius 2 is 2.00 bits per heavy atom. The van der Waals surface area contributed by atoms with E-state index < -0.39 is 0 Å². The van der Waals surface area contributed by atoms with E-state index in [0.717, 1.165) is 5.56 Å². The lowest BCUT2D eigenvalue weighted by Gasteiger charge is -2.18. The molecule has 0 heterocycles. The van der Waals surface area contributed by atoms with Gasteiger partial charge in [-0.1, -0.05) is 23.7 Å². The van der Waals surface area contributed by atoms with Gasteiger partial charge in [0.25, 0.3) is 0 Å². The van der Waals surface area contributed by atoms with Crippen molar-refractivity contribution < 1.29 is 9.84 Å². The first kappa shape index (κ1) is 12.5. The Hall–Kier alpha value is -0.610. The topological polar surface area (TPSA) is 55.5 Å². The average Bonchev–Trinajstić information content (AvgIpc) is 2.26. The summed E-state index contributed by atoms with van der Waals surface area (Å²) in [6.07, 6.45) is 0.380. The quantitative estimate of drug-likeness (QED) is 0.809. The molecule has 0 saturated carbocycles. The molecule has 0 bridgehead atoms. The van der Waals surface area contributed by atoms with Crippen molar-refractivity contribution in [3.8, 4) is 0 Å². The molecule has 1 rings (SSSR count). The summed E-state index contributed by atoms with van der Waals surface area (Å²) >= 11 is 5.77. The molecule has 2 atom stereocenters. The van der Waals surface area contributed by atoms with Gasteiger partial charge in [0.1, 0.15) is 0 Å². The van der Waals surface area contributed by atoms with Gasteiger partial charge < -0.3 is 15.6 Å². The number of methoxy groups -OCH3 is 1. The summed E-state index contributed by atoms with van der Waals surface area (Å²) in [6.45, 7) is -0.0161. The van der Waals surface area contributed by atoms with E-state index in [2.05, 4.69) is 0 Å². The van der Waals surface area contributed by atoms with E-state index in [-0.39, 0.29) is 18.8 Å². The smallest absolute Gasteiger partial charge is 0.0820 e. The lowest BCUT2D eigenvalue weighted by atomic mass is 10.0.